The number of rotatable bonds is 6. The Kier molecular flexibility index (Phi) is 6.73. The molecule has 2 aromatic carbocycles. The van der Waals surface area contributed by atoms with Gasteiger partial charge in [-0.1, -0.05) is 24.3 Å². The van der Waals surface area contributed by atoms with Gasteiger partial charge in [0.05, 0.1) is 12.6 Å². The molecular formula is C22H19N3O5. The molecule has 0 fully saturated rings. The molecule has 0 unspecified atom stereocenters. The largest absolute Gasteiger partial charge is 0.497 e. The first kappa shape index (κ1) is 20.5. The number of amides is 2. The lowest BCUT2D eigenvalue weighted by Crippen LogP contribution is -2.43. The van der Waals surface area contributed by atoms with E-state index in [9.17, 15) is 14.4 Å². The summed E-state index contributed by atoms with van der Waals surface area (Å²) in [5.74, 6) is -1.28. The summed E-state index contributed by atoms with van der Waals surface area (Å²) in [4.78, 5) is 39.9. The Morgan fingerprint density at radius 3 is 2.53 bits per heavy atom. The number of ether oxygens (including phenoxy) is 2. The van der Waals surface area contributed by atoms with Crippen molar-refractivity contribution in [2.24, 2.45) is 0 Å². The van der Waals surface area contributed by atoms with Crippen LogP contribution in [0.3, 0.4) is 0 Å². The molecule has 8 nitrogen and oxygen atoms in total. The number of benzene rings is 2. The molecule has 0 spiro atoms. The monoisotopic (exact) mass is 405 g/mol. The van der Waals surface area contributed by atoms with Crippen LogP contribution in [0.2, 0.25) is 0 Å². The molecule has 2 amide bonds. The van der Waals surface area contributed by atoms with E-state index < -0.39 is 24.4 Å². The van der Waals surface area contributed by atoms with Crippen LogP contribution in [0.25, 0.3) is 17.0 Å². The number of para-hydroxylation sites is 1. The molecule has 0 saturated heterocycles. The van der Waals surface area contributed by atoms with Crippen molar-refractivity contribution >= 4 is 34.8 Å². The van der Waals surface area contributed by atoms with Crippen molar-refractivity contribution in [2.45, 2.75) is 0 Å². The van der Waals surface area contributed by atoms with Gasteiger partial charge in [-0.3, -0.25) is 25.4 Å². The van der Waals surface area contributed by atoms with Gasteiger partial charge in [0.2, 0.25) is 0 Å². The summed E-state index contributed by atoms with van der Waals surface area (Å²) >= 11 is 0. The van der Waals surface area contributed by atoms with E-state index in [1.807, 2.05) is 30.3 Å². The van der Waals surface area contributed by atoms with Crippen LogP contribution in [0.5, 0.6) is 5.75 Å². The highest BCUT2D eigenvalue weighted by Gasteiger charge is 2.09. The molecule has 1 heterocycles. The summed E-state index contributed by atoms with van der Waals surface area (Å²) in [5, 5.41) is 0.944. The Morgan fingerprint density at radius 1 is 1.00 bits per heavy atom. The molecule has 0 aliphatic rings. The van der Waals surface area contributed by atoms with Crippen LogP contribution in [0.4, 0.5) is 0 Å². The van der Waals surface area contributed by atoms with Crippen LogP contribution in [-0.4, -0.2) is 36.5 Å². The number of nitrogens with one attached hydrogen (secondary N) is 2. The van der Waals surface area contributed by atoms with Gasteiger partial charge in [0.15, 0.2) is 6.61 Å². The molecule has 30 heavy (non-hydrogen) atoms. The summed E-state index contributed by atoms with van der Waals surface area (Å²) in [6.07, 6.45) is 4.45. The van der Waals surface area contributed by atoms with Crippen LogP contribution in [0.1, 0.15) is 15.9 Å². The number of methoxy groups -OCH3 is 1. The number of esters is 1. The van der Waals surface area contributed by atoms with E-state index in [0.29, 0.717) is 11.3 Å². The van der Waals surface area contributed by atoms with Crippen molar-refractivity contribution in [3.05, 3.63) is 78.0 Å². The first-order valence-electron chi connectivity index (χ1n) is 8.98. The van der Waals surface area contributed by atoms with Crippen molar-refractivity contribution in [1.82, 2.24) is 15.8 Å². The highest BCUT2D eigenvalue weighted by Crippen LogP contribution is 2.17. The summed E-state index contributed by atoms with van der Waals surface area (Å²) in [6.45, 7) is -0.542. The number of fused-ring (bicyclic) bond motifs is 1. The average molecular weight is 405 g/mol. The zero-order chi connectivity index (χ0) is 21.3. The van der Waals surface area contributed by atoms with E-state index in [-0.39, 0.29) is 0 Å². The first-order valence-corrected chi connectivity index (χ1v) is 8.98. The molecule has 0 atom stereocenters. The maximum absolute atomic E-state index is 12.0. The van der Waals surface area contributed by atoms with Gasteiger partial charge in [-0.2, -0.15) is 0 Å². The Morgan fingerprint density at radius 2 is 1.77 bits per heavy atom. The van der Waals surface area contributed by atoms with E-state index in [1.165, 1.54) is 13.2 Å². The normalized spacial score (nSPS) is 10.6. The summed E-state index contributed by atoms with van der Waals surface area (Å²) in [6, 6.07) is 15.7. The highest BCUT2D eigenvalue weighted by atomic mass is 16.5. The van der Waals surface area contributed by atoms with E-state index in [2.05, 4.69) is 15.8 Å². The molecule has 152 valence electrons. The minimum Gasteiger partial charge on any atom is -0.497 e. The Hall–Kier alpha value is -4.20. The molecule has 0 aliphatic heterocycles. The second kappa shape index (κ2) is 9.83. The maximum Gasteiger partial charge on any atom is 0.331 e. The van der Waals surface area contributed by atoms with Crippen LogP contribution < -0.4 is 15.6 Å². The van der Waals surface area contributed by atoms with Crippen molar-refractivity contribution in [3.8, 4) is 5.75 Å². The quantitative estimate of drug-likeness (QED) is 0.370. The van der Waals surface area contributed by atoms with Gasteiger partial charge in [0.25, 0.3) is 11.8 Å². The van der Waals surface area contributed by atoms with Gasteiger partial charge in [-0.15, -0.1) is 0 Å². The minimum absolute atomic E-state index is 0.333. The lowest BCUT2D eigenvalue weighted by molar-refractivity contribution is -0.144. The van der Waals surface area contributed by atoms with Crippen molar-refractivity contribution in [3.63, 3.8) is 0 Å². The van der Waals surface area contributed by atoms with E-state index >= 15 is 0 Å². The minimum atomic E-state index is -0.695. The van der Waals surface area contributed by atoms with Gasteiger partial charge in [-0.25, -0.2) is 4.79 Å². The number of hydrazine groups is 1. The lowest BCUT2D eigenvalue weighted by Gasteiger charge is -2.08. The lowest BCUT2D eigenvalue weighted by atomic mass is 10.1. The summed E-state index contributed by atoms with van der Waals surface area (Å²) in [5.41, 5.74) is 6.26. The van der Waals surface area contributed by atoms with Crippen LogP contribution in [0.15, 0.2) is 66.9 Å². The van der Waals surface area contributed by atoms with Gasteiger partial charge in [0.1, 0.15) is 5.75 Å². The highest BCUT2D eigenvalue weighted by molar-refractivity contribution is 5.96. The second-order valence-electron chi connectivity index (χ2n) is 6.09. The number of aromatic nitrogens is 1. The maximum atomic E-state index is 12.0. The zero-order valence-corrected chi connectivity index (χ0v) is 16.1. The zero-order valence-electron chi connectivity index (χ0n) is 16.1. The molecule has 8 heteroatoms. The van der Waals surface area contributed by atoms with Gasteiger partial charge < -0.3 is 9.47 Å². The number of hydrogen-bond donors (Lipinski definition) is 2. The number of carbonyl (C=O) groups excluding carboxylic acids is 3. The molecule has 1 aromatic heterocycles. The molecule has 2 N–H and O–H groups in total. The third-order valence-electron chi connectivity index (χ3n) is 4.08. The Bertz CT molecular complexity index is 1090. The van der Waals surface area contributed by atoms with Crippen LogP contribution >= 0.6 is 0 Å². The number of pyridine rings is 1. The predicted octanol–water partition coefficient (Wildman–Crippen LogP) is 2.26. The molecular weight excluding hydrogens is 386 g/mol. The molecule has 0 bridgehead atoms. The molecule has 3 rings (SSSR count). The van der Waals surface area contributed by atoms with Gasteiger partial charge in [-0.05, 0) is 36.4 Å². The fraction of sp³-hybridized carbons (Fsp3) is 0.0909. The Labute approximate surface area is 172 Å². The fourth-order valence-corrected chi connectivity index (χ4v) is 2.58. The third kappa shape index (κ3) is 5.41. The van der Waals surface area contributed by atoms with E-state index in [0.717, 1.165) is 16.5 Å². The van der Waals surface area contributed by atoms with Crippen LogP contribution in [0, 0.1) is 0 Å². The van der Waals surface area contributed by atoms with Crippen molar-refractivity contribution in [1.29, 1.82) is 0 Å². The third-order valence-corrected chi connectivity index (χ3v) is 4.08. The fourth-order valence-electron chi connectivity index (χ4n) is 2.58. The summed E-state index contributed by atoms with van der Waals surface area (Å²) < 4.78 is 9.89. The summed E-state index contributed by atoms with van der Waals surface area (Å²) in [7, 11) is 1.52. The van der Waals surface area contributed by atoms with Crippen LogP contribution in [-0.2, 0) is 14.3 Å². The molecule has 0 aliphatic carbocycles. The smallest absolute Gasteiger partial charge is 0.331 e. The van der Waals surface area contributed by atoms with E-state index in [4.69, 9.17) is 9.47 Å². The topological polar surface area (TPSA) is 107 Å². The molecule has 0 radical (unpaired) electrons. The molecule has 0 saturated carbocycles. The molecule has 3 aromatic rings. The Balaban J connectivity index is 1.46. The first-order chi connectivity index (χ1) is 14.6. The van der Waals surface area contributed by atoms with Gasteiger partial charge >= 0.3 is 5.97 Å². The van der Waals surface area contributed by atoms with Crippen molar-refractivity contribution in [2.75, 3.05) is 13.7 Å². The number of nitrogens with zero attached hydrogens (tertiary/aromatic N) is 1. The van der Waals surface area contributed by atoms with Crippen molar-refractivity contribution < 1.29 is 23.9 Å². The number of carbonyl (C=O) groups is 3. The standard InChI is InChI=1S/C22H19N3O5/c1-29-18-10-7-17(8-11-18)22(28)25-24-19(26)14-30-20(27)12-9-16-5-2-4-15-6-3-13-23-21(15)16/h2-13H,14H2,1H3,(H,24,26)(H,25,28)/b12-9+. The van der Waals surface area contributed by atoms with E-state index in [1.54, 1.807) is 36.5 Å². The average Bonchev–Trinajstić information content (AvgIpc) is 2.79. The predicted molar refractivity (Wildman–Crippen MR) is 110 cm³/mol. The number of hydrogen-bond acceptors (Lipinski definition) is 6. The van der Waals surface area contributed by atoms with Gasteiger partial charge in [0, 0.05) is 28.8 Å². The SMILES string of the molecule is COc1ccc(C(=O)NNC(=O)COC(=O)/C=C/c2cccc3cccnc23)cc1. The second-order valence-corrected chi connectivity index (χ2v) is 6.09.